The third-order valence-corrected chi connectivity index (χ3v) is 5.45. The van der Waals surface area contributed by atoms with Gasteiger partial charge in [0.25, 0.3) is 0 Å². The molecule has 0 saturated heterocycles. The molecule has 0 saturated carbocycles. The number of amides is 1. The maximum Gasteiger partial charge on any atom is 0.225 e. The van der Waals surface area contributed by atoms with Crippen LogP contribution in [0.15, 0.2) is 54.9 Å². The van der Waals surface area contributed by atoms with Gasteiger partial charge in [0.1, 0.15) is 23.4 Å². The summed E-state index contributed by atoms with van der Waals surface area (Å²) in [5.41, 5.74) is 4.66. The lowest BCUT2D eigenvalue weighted by molar-refractivity contribution is -0.116. The van der Waals surface area contributed by atoms with Crippen molar-refractivity contribution >= 4 is 34.4 Å². The van der Waals surface area contributed by atoms with Gasteiger partial charge >= 0.3 is 0 Å². The van der Waals surface area contributed by atoms with Crippen molar-refractivity contribution in [2.75, 3.05) is 11.9 Å². The number of rotatable bonds is 5. The molecule has 0 aliphatic carbocycles. The number of fused-ring (bicyclic) bond motifs is 3. The van der Waals surface area contributed by atoms with Crippen LogP contribution in [0.4, 0.5) is 5.69 Å². The van der Waals surface area contributed by atoms with Crippen molar-refractivity contribution in [1.82, 2.24) is 18.5 Å². The van der Waals surface area contributed by atoms with Crippen molar-refractivity contribution in [3.63, 3.8) is 0 Å². The van der Waals surface area contributed by atoms with Gasteiger partial charge in [-0.1, -0.05) is 12.1 Å². The Kier molecular flexibility index (Phi) is 4.25. The van der Waals surface area contributed by atoms with E-state index in [-0.39, 0.29) is 11.8 Å². The number of carbonyl (C=O) groups excluding carboxylic acids is 1. The molecule has 5 rings (SSSR count). The van der Waals surface area contributed by atoms with Crippen molar-refractivity contribution in [2.45, 2.75) is 18.9 Å². The van der Waals surface area contributed by atoms with Crippen LogP contribution in [0.3, 0.4) is 0 Å². The van der Waals surface area contributed by atoms with Crippen molar-refractivity contribution in [3.05, 3.63) is 66.0 Å². The summed E-state index contributed by atoms with van der Waals surface area (Å²) >= 11 is 1.19. The Balaban J connectivity index is 1.39. The Labute approximate surface area is 165 Å². The molecule has 0 radical (unpaired) electrons. The third-order valence-electron chi connectivity index (χ3n) is 4.91. The summed E-state index contributed by atoms with van der Waals surface area (Å²) in [6.07, 6.45) is 4.05. The summed E-state index contributed by atoms with van der Waals surface area (Å²) in [4.78, 5) is 12.2. The Morgan fingerprint density at radius 1 is 1.18 bits per heavy atom. The first-order chi connectivity index (χ1) is 13.8. The second kappa shape index (κ2) is 7.05. The van der Waals surface area contributed by atoms with Crippen LogP contribution < -0.4 is 10.1 Å². The molecule has 1 aliphatic heterocycles. The highest BCUT2D eigenvalue weighted by molar-refractivity contribution is 7.00. The van der Waals surface area contributed by atoms with Crippen molar-refractivity contribution in [3.8, 4) is 5.75 Å². The van der Waals surface area contributed by atoms with Gasteiger partial charge in [-0.15, -0.1) is 0 Å². The zero-order valence-corrected chi connectivity index (χ0v) is 15.7. The largest absolute Gasteiger partial charge is 0.492 e. The van der Waals surface area contributed by atoms with Crippen LogP contribution in [-0.4, -0.2) is 31.0 Å². The zero-order chi connectivity index (χ0) is 18.9. The van der Waals surface area contributed by atoms with Crippen molar-refractivity contribution < 1.29 is 9.53 Å². The fourth-order valence-electron chi connectivity index (χ4n) is 3.59. The van der Waals surface area contributed by atoms with Gasteiger partial charge < -0.3 is 10.1 Å². The molecule has 1 amide bonds. The van der Waals surface area contributed by atoms with Gasteiger partial charge in [-0.25, -0.2) is 0 Å². The van der Waals surface area contributed by atoms with Crippen molar-refractivity contribution in [1.29, 1.82) is 0 Å². The van der Waals surface area contributed by atoms with Crippen LogP contribution in [-0.2, 0) is 11.3 Å². The highest BCUT2D eigenvalue weighted by atomic mass is 32.1. The monoisotopic (exact) mass is 391 g/mol. The zero-order valence-electron chi connectivity index (χ0n) is 14.9. The molecule has 0 fully saturated rings. The molecule has 3 heterocycles. The Hall–Kier alpha value is -3.26. The van der Waals surface area contributed by atoms with E-state index >= 15 is 0 Å². The average Bonchev–Trinajstić information content (AvgIpc) is 3.39. The number of ether oxygens (including phenoxy) is 1. The number of aromatic nitrogens is 4. The molecular formula is C20H17N5O2S. The molecule has 0 bridgehead atoms. The van der Waals surface area contributed by atoms with E-state index in [1.54, 1.807) is 6.20 Å². The first kappa shape index (κ1) is 16.9. The summed E-state index contributed by atoms with van der Waals surface area (Å²) in [7, 11) is 0. The molecule has 7 nitrogen and oxygen atoms in total. The number of hydrogen-bond donors (Lipinski definition) is 1. The molecule has 1 N–H and O–H groups in total. The van der Waals surface area contributed by atoms with E-state index in [1.165, 1.54) is 11.7 Å². The van der Waals surface area contributed by atoms with Crippen LogP contribution in [0.5, 0.6) is 5.75 Å². The molecular weight excluding hydrogens is 374 g/mol. The molecule has 0 unspecified atom stereocenters. The first-order valence-electron chi connectivity index (χ1n) is 9.03. The topological polar surface area (TPSA) is 81.9 Å². The lowest BCUT2D eigenvalue weighted by atomic mass is 9.84. The van der Waals surface area contributed by atoms with Crippen LogP contribution >= 0.6 is 11.7 Å². The van der Waals surface area contributed by atoms with E-state index in [0.717, 1.165) is 33.6 Å². The second-order valence-corrected chi connectivity index (χ2v) is 7.18. The Bertz CT molecular complexity index is 1120. The van der Waals surface area contributed by atoms with Crippen LogP contribution in [0.1, 0.15) is 23.5 Å². The fraction of sp³-hybridized carbons (Fsp3) is 0.200. The van der Waals surface area contributed by atoms with Gasteiger partial charge in [-0.05, 0) is 35.9 Å². The van der Waals surface area contributed by atoms with Gasteiger partial charge in [-0.3, -0.25) is 9.48 Å². The predicted octanol–water partition coefficient (Wildman–Crippen LogP) is 3.44. The summed E-state index contributed by atoms with van der Waals surface area (Å²) in [5.74, 6) is 0.763. The molecule has 28 heavy (non-hydrogen) atoms. The normalized spacial score (nSPS) is 16.0. The second-order valence-electron chi connectivity index (χ2n) is 6.65. The minimum Gasteiger partial charge on any atom is -0.492 e. The van der Waals surface area contributed by atoms with E-state index in [9.17, 15) is 4.79 Å². The van der Waals surface area contributed by atoms with Crippen LogP contribution in [0.2, 0.25) is 0 Å². The van der Waals surface area contributed by atoms with Gasteiger partial charge in [0, 0.05) is 36.0 Å². The van der Waals surface area contributed by atoms with Crippen molar-refractivity contribution in [2.24, 2.45) is 0 Å². The summed E-state index contributed by atoms with van der Waals surface area (Å²) in [6.45, 7) is 1.24. The van der Waals surface area contributed by atoms with Gasteiger partial charge in [0.15, 0.2) is 0 Å². The highest BCUT2D eigenvalue weighted by Crippen LogP contribution is 2.41. The molecule has 4 aromatic rings. The predicted molar refractivity (Wildman–Crippen MR) is 107 cm³/mol. The molecule has 2 aromatic carbocycles. The summed E-state index contributed by atoms with van der Waals surface area (Å²) in [6, 6.07) is 13.6. The van der Waals surface area contributed by atoms with E-state index in [2.05, 4.69) is 19.2 Å². The molecule has 1 aliphatic rings. The quantitative estimate of drug-likeness (QED) is 0.564. The lowest BCUT2D eigenvalue weighted by Crippen LogP contribution is -2.23. The standard InChI is InChI=1S/C20H17N5O2S/c26-18-12-15(19-16(22-18)6-7-17-20(19)24-28-23-17)13-2-4-14(5-3-13)27-11-10-25-9-1-8-21-25/h1-9,15H,10-12H2,(H,22,26)/t15-/m0/s1. The molecule has 0 spiro atoms. The number of carbonyl (C=O) groups is 1. The highest BCUT2D eigenvalue weighted by Gasteiger charge is 2.29. The number of nitrogens with zero attached hydrogens (tertiary/aromatic N) is 4. The van der Waals surface area contributed by atoms with E-state index in [0.29, 0.717) is 19.6 Å². The number of benzene rings is 2. The number of hydrogen-bond acceptors (Lipinski definition) is 6. The maximum absolute atomic E-state index is 12.2. The lowest BCUT2D eigenvalue weighted by Gasteiger charge is -2.26. The van der Waals surface area contributed by atoms with E-state index < -0.39 is 0 Å². The van der Waals surface area contributed by atoms with E-state index in [4.69, 9.17) is 4.74 Å². The summed E-state index contributed by atoms with van der Waals surface area (Å²) in [5, 5.41) is 7.12. The molecule has 2 aromatic heterocycles. The van der Waals surface area contributed by atoms with Crippen LogP contribution in [0, 0.1) is 0 Å². The SMILES string of the molecule is O=C1C[C@@H](c2ccc(OCCn3cccn3)cc2)c2c(ccc3nsnc23)N1. The number of anilines is 1. The smallest absolute Gasteiger partial charge is 0.225 e. The molecule has 140 valence electrons. The van der Waals surface area contributed by atoms with E-state index in [1.807, 2.05) is 53.3 Å². The van der Waals surface area contributed by atoms with Gasteiger partial charge in [-0.2, -0.15) is 13.8 Å². The fourth-order valence-corrected chi connectivity index (χ4v) is 4.14. The summed E-state index contributed by atoms with van der Waals surface area (Å²) < 4.78 is 16.4. The minimum absolute atomic E-state index is 0.0135. The third kappa shape index (κ3) is 3.11. The molecule has 8 heteroatoms. The Morgan fingerprint density at radius 2 is 2.07 bits per heavy atom. The minimum atomic E-state index is -0.0468. The Morgan fingerprint density at radius 3 is 2.89 bits per heavy atom. The van der Waals surface area contributed by atoms with Gasteiger partial charge in [0.05, 0.1) is 18.3 Å². The maximum atomic E-state index is 12.2. The number of nitrogens with one attached hydrogen (secondary N) is 1. The van der Waals surface area contributed by atoms with Gasteiger partial charge in [0.2, 0.25) is 5.91 Å². The molecule has 1 atom stereocenters. The first-order valence-corrected chi connectivity index (χ1v) is 9.76. The average molecular weight is 391 g/mol. The van der Waals surface area contributed by atoms with Crippen LogP contribution in [0.25, 0.3) is 11.0 Å².